The average Bonchev–Trinajstić information content (AvgIpc) is 3.50. The van der Waals surface area contributed by atoms with E-state index in [0.29, 0.717) is 17.4 Å². The van der Waals surface area contributed by atoms with E-state index in [1.54, 1.807) is 0 Å². The van der Waals surface area contributed by atoms with E-state index in [4.69, 9.17) is 9.84 Å². The zero-order chi connectivity index (χ0) is 30.8. The second kappa shape index (κ2) is 26.7. The summed E-state index contributed by atoms with van der Waals surface area (Å²) >= 11 is 1.53. The summed E-state index contributed by atoms with van der Waals surface area (Å²) in [6.45, 7) is 5.47. The number of hydrogen-bond acceptors (Lipinski definition) is 9. The molecule has 2 aromatic rings. The number of amides is 1. The standard InChI is InChI=1S/C27H39NO5S.3CH5N/c1-4-8-22-19-20(10-12-23(22)33-18-7-6-17-29)9-11-21(5-2)24-13-14-25(34-24)27(31)28-16-15-26(30)32-3;3*1-2/h10,12-14,19,21,29H,4-9,11,15-18H2,1-3H3,(H,28,31);3*2H2,1H3. The second-order valence-corrected chi connectivity index (χ2v) is 9.51. The number of unbranched alkanes of at least 4 members (excludes halogenated alkanes) is 1. The number of nitrogens with one attached hydrogen (secondary N) is 1. The minimum Gasteiger partial charge on any atom is -0.493 e. The largest absolute Gasteiger partial charge is 0.493 e. The number of aliphatic hydroxyl groups is 1. The summed E-state index contributed by atoms with van der Waals surface area (Å²) in [5, 5.41) is 11.7. The molecule has 0 bridgehead atoms. The van der Waals surface area contributed by atoms with Crippen LogP contribution in [0.1, 0.15) is 84.0 Å². The van der Waals surface area contributed by atoms with Crippen molar-refractivity contribution in [3.05, 3.63) is 51.2 Å². The number of carbonyl (C=O) groups excluding carboxylic acids is 2. The van der Waals surface area contributed by atoms with Crippen molar-refractivity contribution in [3.8, 4) is 5.75 Å². The number of carbonyl (C=O) groups is 2. The highest BCUT2D eigenvalue weighted by Crippen LogP contribution is 2.32. The summed E-state index contributed by atoms with van der Waals surface area (Å²) in [4.78, 5) is 25.5. The smallest absolute Gasteiger partial charge is 0.307 e. The van der Waals surface area contributed by atoms with Gasteiger partial charge in [0.15, 0.2) is 0 Å². The Morgan fingerprint density at radius 1 is 1.00 bits per heavy atom. The summed E-state index contributed by atoms with van der Waals surface area (Å²) in [6.07, 6.45) is 6.84. The summed E-state index contributed by atoms with van der Waals surface area (Å²) in [5.41, 5.74) is 16.1. The maximum absolute atomic E-state index is 12.4. The minimum absolute atomic E-state index is 0.145. The first-order chi connectivity index (χ1) is 19.5. The molecular formula is C30H54N4O5S. The molecule has 1 heterocycles. The van der Waals surface area contributed by atoms with Crippen LogP contribution in [0.4, 0.5) is 0 Å². The van der Waals surface area contributed by atoms with Gasteiger partial charge >= 0.3 is 5.97 Å². The molecule has 40 heavy (non-hydrogen) atoms. The van der Waals surface area contributed by atoms with Gasteiger partial charge < -0.3 is 37.1 Å². The fraction of sp³-hybridized carbons (Fsp3) is 0.600. The Morgan fingerprint density at radius 2 is 1.70 bits per heavy atom. The van der Waals surface area contributed by atoms with Crippen LogP contribution in [0.2, 0.25) is 0 Å². The van der Waals surface area contributed by atoms with Crippen LogP contribution in [0.5, 0.6) is 5.75 Å². The highest BCUT2D eigenvalue weighted by molar-refractivity contribution is 7.14. The van der Waals surface area contributed by atoms with Crippen LogP contribution in [0.15, 0.2) is 30.3 Å². The van der Waals surface area contributed by atoms with Gasteiger partial charge in [-0.3, -0.25) is 9.59 Å². The third-order valence-corrected chi connectivity index (χ3v) is 7.07. The molecule has 0 fully saturated rings. The molecule has 0 saturated carbocycles. The van der Waals surface area contributed by atoms with Crippen LogP contribution in [-0.2, 0) is 22.4 Å². The van der Waals surface area contributed by atoms with Crippen molar-refractivity contribution in [2.45, 2.75) is 71.1 Å². The van der Waals surface area contributed by atoms with Gasteiger partial charge in [-0.25, -0.2) is 0 Å². The Labute approximate surface area is 245 Å². The molecule has 0 radical (unpaired) electrons. The molecule has 0 saturated heterocycles. The van der Waals surface area contributed by atoms with Gasteiger partial charge in [-0.15, -0.1) is 11.3 Å². The van der Waals surface area contributed by atoms with Gasteiger partial charge in [0, 0.05) is 18.0 Å². The van der Waals surface area contributed by atoms with Gasteiger partial charge in [-0.1, -0.05) is 32.4 Å². The van der Waals surface area contributed by atoms with Crippen LogP contribution < -0.4 is 27.3 Å². The summed E-state index contributed by atoms with van der Waals surface area (Å²) in [5.74, 6) is 0.873. The highest BCUT2D eigenvalue weighted by Gasteiger charge is 2.16. The average molecular weight is 583 g/mol. The Balaban J connectivity index is 0. The van der Waals surface area contributed by atoms with E-state index < -0.39 is 0 Å². The Hall–Kier alpha value is -2.50. The molecule has 1 atom stereocenters. The van der Waals surface area contributed by atoms with Gasteiger partial charge in [0.25, 0.3) is 5.91 Å². The fourth-order valence-electron chi connectivity index (χ4n) is 3.84. The van der Waals surface area contributed by atoms with Crippen LogP contribution in [-0.4, -0.2) is 65.0 Å². The molecule has 1 aromatic heterocycles. The SMILES string of the molecule is CCCc1cc(CCC(CC)c2ccc(C(=O)NCCC(=O)OC)s2)ccc1OCCCCO.CN.CN.CN. The molecule has 0 spiro atoms. The molecule has 230 valence electrons. The van der Waals surface area contributed by atoms with Crippen molar-refractivity contribution in [1.82, 2.24) is 5.32 Å². The molecule has 1 amide bonds. The number of ether oxygens (including phenoxy) is 2. The zero-order valence-corrected chi connectivity index (χ0v) is 26.3. The van der Waals surface area contributed by atoms with Gasteiger partial charge in [0.1, 0.15) is 5.75 Å². The van der Waals surface area contributed by atoms with Crippen molar-refractivity contribution < 1.29 is 24.2 Å². The number of esters is 1. The molecule has 2 rings (SSSR count). The maximum atomic E-state index is 12.4. The van der Waals surface area contributed by atoms with Gasteiger partial charge in [-0.05, 0) is 94.9 Å². The summed E-state index contributed by atoms with van der Waals surface area (Å²) < 4.78 is 10.6. The van der Waals surface area contributed by atoms with Crippen LogP contribution in [0, 0.1) is 0 Å². The Morgan fingerprint density at radius 3 is 2.30 bits per heavy atom. The number of aliphatic hydroxyl groups excluding tert-OH is 1. The first-order valence-corrected chi connectivity index (χ1v) is 14.9. The van der Waals surface area contributed by atoms with Crippen molar-refractivity contribution >= 4 is 23.2 Å². The molecule has 0 aliphatic carbocycles. The predicted molar refractivity (Wildman–Crippen MR) is 167 cm³/mol. The van der Waals surface area contributed by atoms with E-state index in [2.05, 4.69) is 65.4 Å². The van der Waals surface area contributed by atoms with E-state index in [0.717, 1.165) is 50.7 Å². The van der Waals surface area contributed by atoms with E-state index in [1.165, 1.54) is 55.6 Å². The minimum atomic E-state index is -0.332. The molecule has 1 unspecified atom stereocenters. The summed E-state index contributed by atoms with van der Waals surface area (Å²) in [7, 11) is 5.84. The maximum Gasteiger partial charge on any atom is 0.307 e. The zero-order valence-electron chi connectivity index (χ0n) is 25.5. The number of aryl methyl sites for hydroxylation is 2. The van der Waals surface area contributed by atoms with Gasteiger partial charge in [0.2, 0.25) is 0 Å². The van der Waals surface area contributed by atoms with Crippen LogP contribution in [0.3, 0.4) is 0 Å². The molecular weight excluding hydrogens is 528 g/mol. The number of methoxy groups -OCH3 is 1. The molecule has 0 aliphatic rings. The van der Waals surface area contributed by atoms with Crippen molar-refractivity contribution in [3.63, 3.8) is 0 Å². The number of benzene rings is 1. The molecule has 0 aliphatic heterocycles. The Bertz CT molecular complexity index is 908. The van der Waals surface area contributed by atoms with E-state index in [9.17, 15) is 9.59 Å². The number of thiophene rings is 1. The quantitative estimate of drug-likeness (QED) is 0.146. The lowest BCUT2D eigenvalue weighted by molar-refractivity contribution is -0.140. The van der Waals surface area contributed by atoms with Gasteiger partial charge in [-0.2, -0.15) is 0 Å². The lowest BCUT2D eigenvalue weighted by atomic mass is 9.94. The van der Waals surface area contributed by atoms with E-state index >= 15 is 0 Å². The van der Waals surface area contributed by atoms with Gasteiger partial charge in [0.05, 0.1) is 25.0 Å². The van der Waals surface area contributed by atoms with Crippen LogP contribution >= 0.6 is 11.3 Å². The molecule has 9 nitrogen and oxygen atoms in total. The van der Waals surface area contributed by atoms with Crippen LogP contribution in [0.25, 0.3) is 0 Å². The third kappa shape index (κ3) is 15.9. The topological polar surface area (TPSA) is 163 Å². The van der Waals surface area contributed by atoms with Crippen molar-refractivity contribution in [2.24, 2.45) is 17.2 Å². The molecule has 1 aromatic carbocycles. The highest BCUT2D eigenvalue weighted by atomic mass is 32.1. The first-order valence-electron chi connectivity index (χ1n) is 14.1. The van der Waals surface area contributed by atoms with E-state index in [-0.39, 0.29) is 31.4 Å². The Kier molecular flexibility index (Phi) is 26.5. The van der Waals surface area contributed by atoms with Crippen molar-refractivity contribution in [1.29, 1.82) is 0 Å². The lowest BCUT2D eigenvalue weighted by Gasteiger charge is -2.15. The summed E-state index contributed by atoms with van der Waals surface area (Å²) in [6, 6.07) is 10.4. The third-order valence-electron chi connectivity index (χ3n) is 5.82. The fourth-order valence-corrected chi connectivity index (χ4v) is 4.98. The molecule has 10 heteroatoms. The normalized spacial score (nSPS) is 10.4. The van der Waals surface area contributed by atoms with Crippen molar-refractivity contribution in [2.75, 3.05) is 48.0 Å². The number of rotatable bonds is 16. The number of nitrogens with two attached hydrogens (primary N) is 3. The monoisotopic (exact) mass is 582 g/mol. The van der Waals surface area contributed by atoms with E-state index in [1.807, 2.05) is 6.07 Å². The lowest BCUT2D eigenvalue weighted by Crippen LogP contribution is -2.25. The second-order valence-electron chi connectivity index (χ2n) is 8.40. The predicted octanol–water partition coefficient (Wildman–Crippen LogP) is 4.00. The number of hydrogen-bond donors (Lipinski definition) is 5. The first kappa shape index (κ1) is 39.6. The molecule has 8 N–H and O–H groups in total.